The molecule has 3 rings (SSSR count). The van der Waals surface area contributed by atoms with Gasteiger partial charge in [-0.25, -0.2) is 0 Å². The number of benzene rings is 3. The summed E-state index contributed by atoms with van der Waals surface area (Å²) in [6.45, 7) is 13.5. The number of halogens is 2. The molecule has 0 aromatic heterocycles. The van der Waals surface area contributed by atoms with Crippen molar-refractivity contribution in [1.82, 2.24) is 0 Å². The molecule has 0 aliphatic rings. The first-order chi connectivity index (χ1) is 12.7. The minimum Gasteiger partial charge on any atom is -0.0686 e. The van der Waals surface area contributed by atoms with Gasteiger partial charge in [-0.15, -0.1) is 0 Å². The molecule has 0 radical (unpaired) electrons. The van der Waals surface area contributed by atoms with E-state index < -0.39 is 0 Å². The van der Waals surface area contributed by atoms with Crippen LogP contribution in [0.1, 0.15) is 33.4 Å². The van der Waals surface area contributed by atoms with Crippen LogP contribution in [0.4, 0.5) is 0 Å². The van der Waals surface area contributed by atoms with Gasteiger partial charge < -0.3 is 0 Å². The predicted molar refractivity (Wildman–Crippen MR) is 128 cm³/mol. The normalized spacial score (nSPS) is 11.0. The Labute approximate surface area is 180 Å². The Balaban J connectivity index is 2.42. The van der Waals surface area contributed by atoms with Gasteiger partial charge in [-0.3, -0.25) is 0 Å². The van der Waals surface area contributed by atoms with E-state index in [1.165, 1.54) is 58.7 Å². The van der Waals surface area contributed by atoms with Crippen LogP contribution in [0.3, 0.4) is 0 Å². The van der Waals surface area contributed by atoms with Crippen LogP contribution >= 0.6 is 31.9 Å². The molecule has 0 amide bonds. The molecule has 0 spiro atoms. The summed E-state index contributed by atoms with van der Waals surface area (Å²) in [7, 11) is 0. The molecule has 0 fully saturated rings. The van der Waals surface area contributed by atoms with Gasteiger partial charge in [0.2, 0.25) is 6.71 Å². The summed E-state index contributed by atoms with van der Waals surface area (Å²) < 4.78 is 2.43. The molecule has 0 aliphatic carbocycles. The second-order valence-electron chi connectivity index (χ2n) is 7.57. The maximum absolute atomic E-state index is 3.83. The quantitative estimate of drug-likeness (QED) is 0.427. The number of rotatable bonds is 3. The van der Waals surface area contributed by atoms with Crippen molar-refractivity contribution in [2.75, 3.05) is 0 Å². The Kier molecular flexibility index (Phi) is 6.03. The zero-order chi connectivity index (χ0) is 19.9. The van der Waals surface area contributed by atoms with Crippen LogP contribution in [-0.2, 0) is 0 Å². The Morgan fingerprint density at radius 2 is 1.00 bits per heavy atom. The average Bonchev–Trinajstić information content (AvgIpc) is 2.64. The lowest BCUT2D eigenvalue weighted by molar-refractivity contribution is 1.30. The molecule has 0 heterocycles. The summed E-state index contributed by atoms with van der Waals surface area (Å²) in [4.78, 5) is 0. The van der Waals surface area contributed by atoms with E-state index in [4.69, 9.17) is 0 Å². The van der Waals surface area contributed by atoms with Crippen LogP contribution in [0.15, 0.2) is 51.4 Å². The molecule has 0 saturated heterocycles. The van der Waals surface area contributed by atoms with Gasteiger partial charge in [0.25, 0.3) is 0 Å². The van der Waals surface area contributed by atoms with Gasteiger partial charge in [-0.05, 0) is 63.8 Å². The van der Waals surface area contributed by atoms with E-state index in [0.717, 1.165) is 0 Å². The predicted octanol–water partition coefficient (Wildman–Crippen LogP) is 5.58. The molecule has 0 saturated carbocycles. The van der Waals surface area contributed by atoms with Crippen molar-refractivity contribution in [1.29, 1.82) is 0 Å². The highest BCUT2D eigenvalue weighted by Gasteiger charge is 2.29. The van der Waals surface area contributed by atoms with E-state index in [2.05, 4.69) is 116 Å². The Bertz CT molecular complexity index is 944. The van der Waals surface area contributed by atoms with Gasteiger partial charge in [0.05, 0.1) is 0 Å². The van der Waals surface area contributed by atoms with Gasteiger partial charge >= 0.3 is 0 Å². The first-order valence-corrected chi connectivity index (χ1v) is 10.9. The molecule has 138 valence electrons. The third-order valence-electron chi connectivity index (χ3n) is 5.58. The van der Waals surface area contributed by atoms with Crippen molar-refractivity contribution < 1.29 is 0 Å². The highest BCUT2D eigenvalue weighted by atomic mass is 79.9. The van der Waals surface area contributed by atoms with Crippen LogP contribution < -0.4 is 16.4 Å². The maximum atomic E-state index is 3.83. The second kappa shape index (κ2) is 7.97. The molecule has 0 atom stereocenters. The van der Waals surface area contributed by atoms with E-state index in [0.29, 0.717) is 0 Å². The molecule has 3 aromatic rings. The molecule has 3 aromatic carbocycles. The molecule has 0 bridgehead atoms. The lowest BCUT2D eigenvalue weighted by Gasteiger charge is -2.26. The second-order valence-corrected chi connectivity index (χ2v) is 9.16. The standard InChI is InChI=1S/C24H25BBr2/c1-14-12-16(3)23(26)18(5)21(14)25(20-10-8-7-9-11-20)22-15(2)13-17(4)24(27)19(22)6/h7-13H,1-6H3. The van der Waals surface area contributed by atoms with Crippen LogP contribution in [-0.4, -0.2) is 6.71 Å². The van der Waals surface area contributed by atoms with Crippen molar-refractivity contribution in [2.24, 2.45) is 0 Å². The molecule has 0 unspecified atom stereocenters. The molecule has 27 heavy (non-hydrogen) atoms. The van der Waals surface area contributed by atoms with E-state index in [9.17, 15) is 0 Å². The van der Waals surface area contributed by atoms with Crippen molar-refractivity contribution in [3.05, 3.63) is 84.8 Å². The monoisotopic (exact) mass is 482 g/mol. The van der Waals surface area contributed by atoms with Gasteiger partial charge in [-0.2, -0.15) is 0 Å². The number of hydrogen-bond acceptors (Lipinski definition) is 0. The zero-order valence-corrected chi connectivity index (χ0v) is 20.0. The van der Waals surface area contributed by atoms with Gasteiger partial charge in [0.1, 0.15) is 0 Å². The number of aryl methyl sites for hydroxylation is 4. The Morgan fingerprint density at radius 3 is 1.41 bits per heavy atom. The van der Waals surface area contributed by atoms with Crippen LogP contribution in [0, 0.1) is 41.5 Å². The van der Waals surface area contributed by atoms with Gasteiger partial charge in [0, 0.05) is 8.95 Å². The average molecular weight is 484 g/mol. The molecular formula is C24H25BBr2. The zero-order valence-electron chi connectivity index (χ0n) is 16.9. The summed E-state index contributed by atoms with van der Waals surface area (Å²) in [5, 5.41) is 0. The van der Waals surface area contributed by atoms with Crippen molar-refractivity contribution in [3.63, 3.8) is 0 Å². The largest absolute Gasteiger partial charge is 0.242 e. The van der Waals surface area contributed by atoms with Crippen molar-refractivity contribution in [3.8, 4) is 0 Å². The summed E-state index contributed by atoms with van der Waals surface area (Å²) >= 11 is 7.66. The molecule has 3 heteroatoms. The first-order valence-electron chi connectivity index (χ1n) is 9.31. The van der Waals surface area contributed by atoms with Gasteiger partial charge in [-0.1, -0.05) is 102 Å². The fourth-order valence-corrected chi connectivity index (χ4v) is 5.02. The lowest BCUT2D eigenvalue weighted by Crippen LogP contribution is -2.56. The summed E-state index contributed by atoms with van der Waals surface area (Å²) in [5.41, 5.74) is 12.1. The SMILES string of the molecule is Cc1cc(C)c(B(c2ccccc2)c2c(C)cc(C)c(Br)c2C)c(C)c1Br. The summed E-state index contributed by atoms with van der Waals surface area (Å²) in [6.07, 6.45) is 0. The Hall–Kier alpha value is -1.32. The summed E-state index contributed by atoms with van der Waals surface area (Å²) in [5.74, 6) is 0. The van der Waals surface area contributed by atoms with Gasteiger partial charge in [0.15, 0.2) is 0 Å². The third-order valence-corrected chi connectivity index (χ3v) is 8.03. The summed E-state index contributed by atoms with van der Waals surface area (Å²) in [6, 6.07) is 15.5. The highest BCUT2D eigenvalue weighted by Crippen LogP contribution is 2.24. The van der Waals surface area contributed by atoms with Crippen LogP contribution in [0.2, 0.25) is 0 Å². The van der Waals surface area contributed by atoms with Crippen LogP contribution in [0.25, 0.3) is 0 Å². The minimum atomic E-state index is 0.208. The lowest BCUT2D eigenvalue weighted by atomic mass is 9.34. The fourth-order valence-electron chi connectivity index (χ4n) is 4.36. The molecule has 0 N–H and O–H groups in total. The smallest absolute Gasteiger partial charge is 0.0686 e. The van der Waals surface area contributed by atoms with E-state index >= 15 is 0 Å². The maximum Gasteiger partial charge on any atom is 0.242 e. The van der Waals surface area contributed by atoms with Crippen molar-refractivity contribution >= 4 is 55.0 Å². The van der Waals surface area contributed by atoms with E-state index in [1.54, 1.807) is 0 Å². The van der Waals surface area contributed by atoms with Crippen molar-refractivity contribution in [2.45, 2.75) is 41.5 Å². The minimum absolute atomic E-state index is 0.208. The van der Waals surface area contributed by atoms with E-state index in [1.807, 2.05) is 0 Å². The third kappa shape index (κ3) is 3.69. The topological polar surface area (TPSA) is 0 Å². The molecular weight excluding hydrogens is 459 g/mol. The molecule has 0 nitrogen and oxygen atoms in total. The van der Waals surface area contributed by atoms with Crippen LogP contribution in [0.5, 0.6) is 0 Å². The molecule has 0 aliphatic heterocycles. The Morgan fingerprint density at radius 1 is 0.593 bits per heavy atom. The fraction of sp³-hybridized carbons (Fsp3) is 0.250. The number of hydrogen-bond donors (Lipinski definition) is 0. The van der Waals surface area contributed by atoms with E-state index in [-0.39, 0.29) is 6.71 Å². The highest BCUT2D eigenvalue weighted by molar-refractivity contribution is 9.11. The first kappa shape index (κ1) is 20.4.